The molecule has 1 unspecified atom stereocenters. The van der Waals surface area contributed by atoms with Crippen molar-refractivity contribution in [3.8, 4) is 0 Å². The summed E-state index contributed by atoms with van der Waals surface area (Å²) < 4.78 is 0. The van der Waals surface area contributed by atoms with Crippen LogP contribution >= 0.6 is 34.8 Å². The summed E-state index contributed by atoms with van der Waals surface area (Å²) in [4.78, 5) is 11.4. The van der Waals surface area contributed by atoms with Crippen LogP contribution in [0.15, 0.2) is 36.4 Å². The summed E-state index contributed by atoms with van der Waals surface area (Å²) in [5.41, 5.74) is 2.22. The Balaban J connectivity index is 2.29. The fourth-order valence-corrected chi connectivity index (χ4v) is 3.72. The van der Waals surface area contributed by atoms with Gasteiger partial charge >= 0.3 is 5.97 Å². The average Bonchev–Trinajstić information content (AvgIpc) is 2.76. The fraction of sp³-hybridized carbons (Fsp3) is 0.0625. The van der Waals surface area contributed by atoms with Crippen molar-refractivity contribution in [1.29, 1.82) is 0 Å². The van der Waals surface area contributed by atoms with Gasteiger partial charge in [-0.1, -0.05) is 59.1 Å². The van der Waals surface area contributed by atoms with Crippen LogP contribution in [0.3, 0.4) is 0 Å². The molecule has 0 radical (unpaired) electrons. The zero-order chi connectivity index (χ0) is 16.0. The van der Waals surface area contributed by atoms with E-state index < -0.39 is 12.1 Å². The number of halogens is 3. The van der Waals surface area contributed by atoms with Crippen molar-refractivity contribution in [3.63, 3.8) is 0 Å². The number of hydrogen-bond acceptors (Lipinski definition) is 2. The monoisotopic (exact) mass is 354 g/mol. The lowest BCUT2D eigenvalue weighted by atomic mass is 9.97. The van der Waals surface area contributed by atoms with Crippen molar-refractivity contribution >= 4 is 46.3 Å². The van der Waals surface area contributed by atoms with Gasteiger partial charge in [-0.05, 0) is 28.8 Å². The van der Waals surface area contributed by atoms with E-state index in [-0.39, 0.29) is 20.6 Å². The van der Waals surface area contributed by atoms with Crippen molar-refractivity contribution in [1.82, 2.24) is 0 Å². The molecule has 1 aliphatic rings. The summed E-state index contributed by atoms with van der Waals surface area (Å²) in [7, 11) is 0. The van der Waals surface area contributed by atoms with E-state index in [1.54, 1.807) is 12.1 Å². The highest BCUT2D eigenvalue weighted by atomic mass is 35.5. The molecule has 0 heterocycles. The number of benzene rings is 2. The van der Waals surface area contributed by atoms with E-state index in [9.17, 15) is 15.0 Å². The Kier molecular flexibility index (Phi) is 3.91. The minimum Gasteiger partial charge on any atom is -0.478 e. The van der Waals surface area contributed by atoms with E-state index in [2.05, 4.69) is 0 Å². The molecular formula is C16H9Cl3O3. The molecule has 6 heteroatoms. The number of hydrogen-bond donors (Lipinski definition) is 2. The Morgan fingerprint density at radius 2 is 1.77 bits per heavy atom. The Labute approximate surface area is 141 Å². The summed E-state index contributed by atoms with van der Waals surface area (Å²) >= 11 is 18.4. The molecule has 22 heavy (non-hydrogen) atoms. The quantitative estimate of drug-likeness (QED) is 0.811. The minimum atomic E-state index is -1.24. The normalized spacial score (nSPS) is 16.4. The average molecular weight is 356 g/mol. The van der Waals surface area contributed by atoms with Crippen molar-refractivity contribution in [2.75, 3.05) is 0 Å². The second kappa shape index (κ2) is 5.60. The molecule has 3 nitrogen and oxygen atoms in total. The molecule has 0 aromatic heterocycles. The van der Waals surface area contributed by atoms with Crippen LogP contribution in [0.4, 0.5) is 0 Å². The van der Waals surface area contributed by atoms with E-state index in [0.29, 0.717) is 11.1 Å². The molecule has 0 saturated carbocycles. The van der Waals surface area contributed by atoms with E-state index in [4.69, 9.17) is 34.8 Å². The van der Waals surface area contributed by atoms with Crippen LogP contribution < -0.4 is 0 Å². The van der Waals surface area contributed by atoms with Crippen molar-refractivity contribution < 1.29 is 15.0 Å². The third kappa shape index (κ3) is 2.31. The van der Waals surface area contributed by atoms with Gasteiger partial charge in [0.25, 0.3) is 0 Å². The number of fused-ring (bicyclic) bond motifs is 1. The lowest BCUT2D eigenvalue weighted by Gasteiger charge is -2.13. The lowest BCUT2D eigenvalue weighted by Crippen LogP contribution is -2.02. The van der Waals surface area contributed by atoms with Gasteiger partial charge < -0.3 is 10.2 Å². The van der Waals surface area contributed by atoms with Crippen LogP contribution in [0, 0.1) is 0 Å². The van der Waals surface area contributed by atoms with Gasteiger partial charge in [-0.15, -0.1) is 0 Å². The number of carboxylic acids is 1. The highest BCUT2D eigenvalue weighted by Crippen LogP contribution is 2.45. The van der Waals surface area contributed by atoms with Gasteiger partial charge in [-0.2, -0.15) is 0 Å². The van der Waals surface area contributed by atoms with E-state index in [1.807, 2.05) is 18.2 Å². The van der Waals surface area contributed by atoms with Gasteiger partial charge in [0, 0.05) is 5.56 Å². The summed E-state index contributed by atoms with van der Waals surface area (Å²) in [6, 6.07) is 8.59. The third-order valence-corrected chi connectivity index (χ3v) is 4.52. The topological polar surface area (TPSA) is 57.5 Å². The molecule has 2 aromatic rings. The molecule has 112 valence electrons. The van der Waals surface area contributed by atoms with E-state index in [1.165, 1.54) is 6.07 Å². The first-order valence-electron chi connectivity index (χ1n) is 6.32. The van der Waals surface area contributed by atoms with Gasteiger partial charge in [0.15, 0.2) is 0 Å². The summed E-state index contributed by atoms with van der Waals surface area (Å²) in [5.74, 6) is -1.24. The Morgan fingerprint density at radius 1 is 1.09 bits per heavy atom. The van der Waals surface area contributed by atoms with Crippen LogP contribution in [0.2, 0.25) is 15.1 Å². The fourth-order valence-electron chi connectivity index (χ4n) is 2.59. The Hall–Kier alpha value is -1.52. The Bertz CT molecular complexity index is 828. The smallest absolute Gasteiger partial charge is 0.338 e. The summed E-state index contributed by atoms with van der Waals surface area (Å²) in [5, 5.41) is 19.6. The van der Waals surface area contributed by atoms with Crippen molar-refractivity contribution in [3.05, 3.63) is 73.7 Å². The van der Waals surface area contributed by atoms with Crippen LogP contribution in [0.25, 0.3) is 5.57 Å². The predicted molar refractivity (Wildman–Crippen MR) is 86.9 cm³/mol. The third-order valence-electron chi connectivity index (χ3n) is 3.55. The predicted octanol–water partition coefficient (Wildman–Crippen LogP) is 4.82. The first kappa shape index (κ1) is 15.4. The van der Waals surface area contributed by atoms with Gasteiger partial charge in [-0.3, -0.25) is 0 Å². The SMILES string of the molecule is O=C(O)c1c(Cl)cc(Cl)c(C2=CC(O)c3ccccc32)c1Cl. The second-order valence-electron chi connectivity index (χ2n) is 4.82. The maximum atomic E-state index is 11.4. The zero-order valence-corrected chi connectivity index (χ0v) is 13.2. The number of carboxylic acid groups (broad SMARTS) is 1. The van der Waals surface area contributed by atoms with Crippen LogP contribution in [0.1, 0.15) is 33.2 Å². The molecule has 0 amide bonds. The number of aromatic carboxylic acids is 1. The zero-order valence-electron chi connectivity index (χ0n) is 11.0. The molecule has 2 N–H and O–H groups in total. The summed E-state index contributed by atoms with van der Waals surface area (Å²) in [6.45, 7) is 0. The van der Waals surface area contributed by atoms with Gasteiger partial charge in [0.05, 0.1) is 26.7 Å². The van der Waals surface area contributed by atoms with Crippen LogP contribution in [0.5, 0.6) is 0 Å². The molecule has 3 rings (SSSR count). The molecule has 1 aliphatic carbocycles. The van der Waals surface area contributed by atoms with Crippen molar-refractivity contribution in [2.24, 2.45) is 0 Å². The molecule has 0 spiro atoms. The lowest BCUT2D eigenvalue weighted by molar-refractivity contribution is 0.0697. The number of aliphatic hydroxyl groups excluding tert-OH is 1. The van der Waals surface area contributed by atoms with Gasteiger partial charge in [0.1, 0.15) is 0 Å². The minimum absolute atomic E-state index is 0.0290. The largest absolute Gasteiger partial charge is 0.478 e. The van der Waals surface area contributed by atoms with Crippen molar-refractivity contribution in [2.45, 2.75) is 6.10 Å². The first-order chi connectivity index (χ1) is 10.4. The maximum Gasteiger partial charge on any atom is 0.338 e. The Morgan fingerprint density at radius 3 is 2.45 bits per heavy atom. The number of carbonyl (C=O) groups is 1. The van der Waals surface area contributed by atoms with Crippen LogP contribution in [-0.4, -0.2) is 16.2 Å². The molecular weight excluding hydrogens is 347 g/mol. The maximum absolute atomic E-state index is 11.4. The van der Waals surface area contributed by atoms with E-state index >= 15 is 0 Å². The highest BCUT2D eigenvalue weighted by Gasteiger charge is 2.28. The first-order valence-corrected chi connectivity index (χ1v) is 7.45. The number of aliphatic hydroxyl groups is 1. The van der Waals surface area contributed by atoms with Gasteiger partial charge in [0.2, 0.25) is 0 Å². The van der Waals surface area contributed by atoms with Gasteiger partial charge in [-0.25, -0.2) is 4.79 Å². The number of rotatable bonds is 2. The molecule has 2 aromatic carbocycles. The standard InChI is InChI=1S/C16H9Cl3O3/c17-10-6-11(18)14(16(21)22)15(19)13(10)9-5-12(20)8-4-2-1-3-7(8)9/h1-6,12,20H,(H,21,22). The second-order valence-corrected chi connectivity index (χ2v) is 6.01. The highest BCUT2D eigenvalue weighted by molar-refractivity contribution is 6.44. The molecule has 0 bridgehead atoms. The molecule has 1 atom stereocenters. The molecule has 0 fully saturated rings. The summed E-state index contributed by atoms with van der Waals surface area (Å²) in [6.07, 6.45) is 0.805. The molecule has 0 aliphatic heterocycles. The van der Waals surface area contributed by atoms with Crippen LogP contribution in [-0.2, 0) is 0 Å². The molecule has 0 saturated heterocycles. The van der Waals surface area contributed by atoms with E-state index in [0.717, 1.165) is 11.1 Å².